The van der Waals surface area contributed by atoms with Gasteiger partial charge in [0.15, 0.2) is 5.16 Å². The standard InChI is InChI=1S/C15H17N5O3S/c1-9(24-15-18-17-13(19(15)2)10-7-8-10)14(21)16-11-5-3-4-6-12(11)20(22)23/h3-6,9-10H,7-8H2,1-2H3,(H,16,21)/t9-/m0/s1. The number of aromatic nitrogens is 3. The molecule has 1 aromatic heterocycles. The minimum atomic E-state index is -0.516. The summed E-state index contributed by atoms with van der Waals surface area (Å²) in [6.07, 6.45) is 2.26. The maximum atomic E-state index is 12.3. The second kappa shape index (κ2) is 6.60. The number of hydrogen-bond acceptors (Lipinski definition) is 6. The van der Waals surface area contributed by atoms with Crippen molar-refractivity contribution in [3.05, 3.63) is 40.2 Å². The summed E-state index contributed by atoms with van der Waals surface area (Å²) in [5, 5.41) is 22.2. The van der Waals surface area contributed by atoms with E-state index >= 15 is 0 Å². The van der Waals surface area contributed by atoms with Gasteiger partial charge in [-0.05, 0) is 25.8 Å². The molecule has 1 saturated carbocycles. The van der Waals surface area contributed by atoms with Gasteiger partial charge >= 0.3 is 0 Å². The Hall–Kier alpha value is -2.42. The topological polar surface area (TPSA) is 103 Å². The summed E-state index contributed by atoms with van der Waals surface area (Å²) in [5.41, 5.74) is 0.0642. The van der Waals surface area contributed by atoms with Crippen LogP contribution in [0.4, 0.5) is 11.4 Å². The number of nitro groups is 1. The van der Waals surface area contributed by atoms with Gasteiger partial charge in [0.05, 0.1) is 10.2 Å². The van der Waals surface area contributed by atoms with Crippen molar-refractivity contribution in [3.8, 4) is 0 Å². The average molecular weight is 347 g/mol. The van der Waals surface area contributed by atoms with Crippen molar-refractivity contribution in [2.24, 2.45) is 7.05 Å². The van der Waals surface area contributed by atoms with Gasteiger partial charge in [0.1, 0.15) is 11.5 Å². The summed E-state index contributed by atoms with van der Waals surface area (Å²) in [6, 6.07) is 6.08. The molecule has 1 aromatic carbocycles. The third-order valence-electron chi connectivity index (χ3n) is 3.82. The van der Waals surface area contributed by atoms with E-state index in [0.29, 0.717) is 11.1 Å². The first-order valence-corrected chi connectivity index (χ1v) is 8.45. The number of nitrogens with one attached hydrogen (secondary N) is 1. The van der Waals surface area contributed by atoms with E-state index in [9.17, 15) is 14.9 Å². The van der Waals surface area contributed by atoms with E-state index < -0.39 is 10.2 Å². The molecule has 1 fully saturated rings. The molecule has 0 saturated heterocycles. The highest BCUT2D eigenvalue weighted by Gasteiger charge is 2.30. The molecule has 0 unspecified atom stereocenters. The minimum absolute atomic E-state index is 0.127. The predicted octanol–water partition coefficient (Wildman–Crippen LogP) is 2.72. The monoisotopic (exact) mass is 347 g/mol. The van der Waals surface area contributed by atoms with Gasteiger partial charge in [-0.3, -0.25) is 14.9 Å². The summed E-state index contributed by atoms with van der Waals surface area (Å²) in [4.78, 5) is 22.8. The lowest BCUT2D eigenvalue weighted by Gasteiger charge is -2.11. The van der Waals surface area contributed by atoms with Crippen LogP contribution in [0.5, 0.6) is 0 Å². The molecular formula is C15H17N5O3S. The third kappa shape index (κ3) is 3.40. The Balaban J connectivity index is 1.68. The first-order valence-electron chi connectivity index (χ1n) is 7.57. The molecular weight excluding hydrogens is 330 g/mol. The average Bonchev–Trinajstić information content (AvgIpc) is 3.33. The fourth-order valence-electron chi connectivity index (χ4n) is 2.31. The molecule has 1 aliphatic carbocycles. The maximum Gasteiger partial charge on any atom is 0.292 e. The Morgan fingerprint density at radius 1 is 1.42 bits per heavy atom. The molecule has 24 heavy (non-hydrogen) atoms. The van der Waals surface area contributed by atoms with Crippen molar-refractivity contribution < 1.29 is 9.72 Å². The van der Waals surface area contributed by atoms with Crippen molar-refractivity contribution >= 4 is 29.0 Å². The number of carbonyl (C=O) groups excluding carboxylic acids is 1. The van der Waals surface area contributed by atoms with E-state index in [2.05, 4.69) is 15.5 Å². The van der Waals surface area contributed by atoms with Crippen LogP contribution < -0.4 is 5.32 Å². The van der Waals surface area contributed by atoms with Crippen LogP contribution in [0.25, 0.3) is 0 Å². The van der Waals surface area contributed by atoms with E-state index in [1.165, 1.54) is 23.9 Å². The van der Waals surface area contributed by atoms with Crippen LogP contribution in [-0.2, 0) is 11.8 Å². The van der Waals surface area contributed by atoms with Gasteiger partial charge in [0, 0.05) is 19.0 Å². The number of nitro benzene ring substituents is 1. The third-order valence-corrected chi connectivity index (χ3v) is 4.96. The Labute approximate surface area is 142 Å². The lowest BCUT2D eigenvalue weighted by Crippen LogP contribution is -2.23. The smallest absolute Gasteiger partial charge is 0.292 e. The van der Waals surface area contributed by atoms with Crippen LogP contribution in [0.15, 0.2) is 29.4 Å². The van der Waals surface area contributed by atoms with Crippen LogP contribution >= 0.6 is 11.8 Å². The van der Waals surface area contributed by atoms with Crippen molar-refractivity contribution in [1.82, 2.24) is 14.8 Å². The second-order valence-corrected chi connectivity index (χ2v) is 7.01. The highest BCUT2D eigenvalue weighted by molar-refractivity contribution is 8.00. The molecule has 9 heteroatoms. The van der Waals surface area contributed by atoms with Gasteiger partial charge in [0.25, 0.3) is 5.69 Å². The maximum absolute atomic E-state index is 12.3. The molecule has 1 N–H and O–H groups in total. The van der Waals surface area contributed by atoms with Crippen LogP contribution in [0.2, 0.25) is 0 Å². The zero-order chi connectivity index (χ0) is 17.3. The summed E-state index contributed by atoms with van der Waals surface area (Å²) >= 11 is 1.29. The van der Waals surface area contributed by atoms with E-state index in [4.69, 9.17) is 0 Å². The Morgan fingerprint density at radius 2 is 2.12 bits per heavy atom. The van der Waals surface area contributed by atoms with Crippen molar-refractivity contribution in [2.45, 2.75) is 36.1 Å². The zero-order valence-electron chi connectivity index (χ0n) is 13.3. The SMILES string of the molecule is C[C@H](Sc1nnc(C2CC2)n1C)C(=O)Nc1ccccc1[N+](=O)[O-]. The lowest BCUT2D eigenvalue weighted by atomic mass is 10.2. The number of para-hydroxylation sites is 2. The van der Waals surface area contributed by atoms with Gasteiger partial charge in [-0.25, -0.2) is 0 Å². The van der Waals surface area contributed by atoms with Gasteiger partial charge in [-0.15, -0.1) is 10.2 Å². The molecule has 3 rings (SSSR count). The zero-order valence-corrected chi connectivity index (χ0v) is 14.1. The molecule has 126 valence electrons. The number of thioether (sulfide) groups is 1. The van der Waals surface area contributed by atoms with Crippen LogP contribution in [0.1, 0.15) is 31.5 Å². The molecule has 1 aliphatic rings. The molecule has 2 aromatic rings. The number of hydrogen-bond donors (Lipinski definition) is 1. The van der Waals surface area contributed by atoms with Crippen molar-refractivity contribution in [2.75, 3.05) is 5.32 Å². The number of nitrogens with zero attached hydrogens (tertiary/aromatic N) is 4. The van der Waals surface area contributed by atoms with Crippen molar-refractivity contribution in [1.29, 1.82) is 0 Å². The van der Waals surface area contributed by atoms with Crippen LogP contribution in [0, 0.1) is 10.1 Å². The fraction of sp³-hybridized carbons (Fsp3) is 0.400. The number of carbonyl (C=O) groups is 1. The Kier molecular flexibility index (Phi) is 4.52. The van der Waals surface area contributed by atoms with Gasteiger partial charge in [-0.2, -0.15) is 0 Å². The molecule has 0 aliphatic heterocycles. The quantitative estimate of drug-likeness (QED) is 0.489. The van der Waals surface area contributed by atoms with Gasteiger partial charge in [-0.1, -0.05) is 23.9 Å². The fourth-order valence-corrected chi connectivity index (χ4v) is 3.13. The summed E-state index contributed by atoms with van der Waals surface area (Å²) in [7, 11) is 1.89. The largest absolute Gasteiger partial charge is 0.319 e. The molecule has 1 amide bonds. The molecule has 0 spiro atoms. The first kappa shape index (κ1) is 16.4. The van der Waals surface area contributed by atoms with Crippen molar-refractivity contribution in [3.63, 3.8) is 0 Å². The lowest BCUT2D eigenvalue weighted by molar-refractivity contribution is -0.383. The molecule has 1 atom stereocenters. The summed E-state index contributed by atoms with van der Waals surface area (Å²) in [5.74, 6) is 1.11. The van der Waals surface area contributed by atoms with Crippen LogP contribution in [0.3, 0.4) is 0 Å². The molecule has 8 nitrogen and oxygen atoms in total. The van der Waals surface area contributed by atoms with Gasteiger partial charge < -0.3 is 9.88 Å². The van der Waals surface area contributed by atoms with E-state index in [1.54, 1.807) is 19.1 Å². The Bertz CT molecular complexity index is 787. The normalized spacial score (nSPS) is 15.1. The summed E-state index contributed by atoms with van der Waals surface area (Å²) < 4.78 is 1.91. The highest BCUT2D eigenvalue weighted by Crippen LogP contribution is 2.39. The van der Waals surface area contributed by atoms with E-state index in [1.807, 2.05) is 11.6 Å². The van der Waals surface area contributed by atoms with Gasteiger partial charge in [0.2, 0.25) is 5.91 Å². The Morgan fingerprint density at radius 3 is 2.79 bits per heavy atom. The molecule has 0 bridgehead atoms. The minimum Gasteiger partial charge on any atom is -0.319 e. The van der Waals surface area contributed by atoms with Crippen LogP contribution in [-0.4, -0.2) is 30.8 Å². The second-order valence-electron chi connectivity index (χ2n) is 5.70. The predicted molar refractivity (Wildman–Crippen MR) is 90.0 cm³/mol. The molecule has 1 heterocycles. The number of amides is 1. The highest BCUT2D eigenvalue weighted by atomic mass is 32.2. The number of rotatable bonds is 6. The summed E-state index contributed by atoms with van der Waals surface area (Å²) in [6.45, 7) is 1.74. The van der Waals surface area contributed by atoms with E-state index in [0.717, 1.165) is 18.7 Å². The number of anilines is 1. The number of benzene rings is 1. The molecule has 0 radical (unpaired) electrons. The first-order chi connectivity index (χ1) is 11.5. The van der Waals surface area contributed by atoms with E-state index in [-0.39, 0.29) is 17.3 Å².